The molecule has 2 aromatic rings. The van der Waals surface area contributed by atoms with Crippen LogP contribution >= 0.6 is 11.3 Å². The van der Waals surface area contributed by atoms with E-state index in [1.54, 1.807) is 11.3 Å². The molecule has 1 heterocycles. The van der Waals surface area contributed by atoms with Gasteiger partial charge in [0.2, 0.25) is 0 Å². The average Bonchev–Trinajstić information content (AvgIpc) is 3.09. The van der Waals surface area contributed by atoms with Crippen molar-refractivity contribution in [2.45, 2.75) is 45.4 Å². The predicted molar refractivity (Wildman–Crippen MR) is 116 cm³/mol. The summed E-state index contributed by atoms with van der Waals surface area (Å²) in [7, 11) is 0. The third-order valence-corrected chi connectivity index (χ3v) is 5.38. The molecule has 0 unspecified atom stereocenters. The lowest BCUT2D eigenvalue weighted by molar-refractivity contribution is 0.305. The van der Waals surface area contributed by atoms with E-state index in [0.717, 1.165) is 21.8 Å². The Kier molecular flexibility index (Phi) is 8.98. The molecule has 0 aliphatic carbocycles. The number of nitrogens with one attached hydrogen (secondary N) is 1. The summed E-state index contributed by atoms with van der Waals surface area (Å²) >= 11 is 1.58. The summed E-state index contributed by atoms with van der Waals surface area (Å²) in [6, 6.07) is 3.79. The molecule has 0 bridgehead atoms. The lowest BCUT2D eigenvalue weighted by atomic mass is 10.1. The van der Waals surface area contributed by atoms with Crippen LogP contribution in [0.15, 0.2) is 42.6 Å². The highest BCUT2D eigenvalue weighted by Gasteiger charge is 2.14. The van der Waals surface area contributed by atoms with E-state index in [4.69, 9.17) is 15.3 Å². The van der Waals surface area contributed by atoms with Crippen LogP contribution in [0.25, 0.3) is 10.2 Å². The zero-order valence-electron chi connectivity index (χ0n) is 16.2. The van der Waals surface area contributed by atoms with Crippen LogP contribution in [0.2, 0.25) is 0 Å². The molecular weight excluding hydrogens is 356 g/mol. The van der Waals surface area contributed by atoms with E-state index in [1.807, 2.05) is 24.3 Å². The molecule has 0 aliphatic heterocycles. The summed E-state index contributed by atoms with van der Waals surface area (Å²) in [5.41, 5.74) is 8.90. The van der Waals surface area contributed by atoms with Crippen LogP contribution in [-0.4, -0.2) is 24.7 Å². The molecule has 0 saturated carbocycles. The zero-order chi connectivity index (χ0) is 19.5. The molecular formula is C21H30N4OS. The van der Waals surface area contributed by atoms with Crippen LogP contribution < -0.4 is 9.64 Å². The van der Waals surface area contributed by atoms with E-state index >= 15 is 0 Å². The minimum Gasteiger partial charge on any atom is -0.491 e. The zero-order valence-corrected chi connectivity index (χ0v) is 17.1. The van der Waals surface area contributed by atoms with Crippen LogP contribution in [-0.2, 0) is 0 Å². The Morgan fingerprint density at radius 3 is 2.52 bits per heavy atom. The molecule has 0 aliphatic rings. The van der Waals surface area contributed by atoms with Gasteiger partial charge in [-0.1, -0.05) is 62.5 Å². The molecule has 0 spiro atoms. The highest BCUT2D eigenvalue weighted by Crippen LogP contribution is 2.37. The van der Waals surface area contributed by atoms with Gasteiger partial charge in [-0.25, -0.2) is 10.5 Å². The second-order valence-electron chi connectivity index (χ2n) is 6.49. The minimum absolute atomic E-state index is 0.558. The topological polar surface area (TPSA) is 61.6 Å². The molecule has 1 aromatic carbocycles. The fraction of sp³-hybridized carbons (Fsp3) is 0.476. The van der Waals surface area contributed by atoms with Crippen LogP contribution in [0, 0.1) is 5.53 Å². The number of benzene rings is 1. The van der Waals surface area contributed by atoms with Crippen molar-refractivity contribution in [3.8, 4) is 5.75 Å². The lowest BCUT2D eigenvalue weighted by Gasteiger charge is -2.17. The average molecular weight is 387 g/mol. The van der Waals surface area contributed by atoms with Gasteiger partial charge >= 0.3 is 0 Å². The molecule has 146 valence electrons. The van der Waals surface area contributed by atoms with Crippen molar-refractivity contribution in [3.05, 3.63) is 37.4 Å². The highest BCUT2D eigenvalue weighted by molar-refractivity contribution is 7.22. The number of unbranched alkanes of at least 4 members (excludes halogenated alkanes) is 5. The normalized spacial score (nSPS) is 10.7. The van der Waals surface area contributed by atoms with E-state index in [-0.39, 0.29) is 0 Å². The van der Waals surface area contributed by atoms with Crippen molar-refractivity contribution in [2.75, 3.05) is 24.6 Å². The molecule has 1 aromatic heterocycles. The van der Waals surface area contributed by atoms with Crippen molar-refractivity contribution in [3.63, 3.8) is 0 Å². The van der Waals surface area contributed by atoms with Gasteiger partial charge in [0.15, 0.2) is 5.13 Å². The number of hydrogen-bond donors (Lipinski definition) is 1. The summed E-state index contributed by atoms with van der Waals surface area (Å²) in [4.78, 5) is 6.84. The minimum atomic E-state index is 0.558. The summed E-state index contributed by atoms with van der Waals surface area (Å²) in [6.45, 7) is 11.9. The third-order valence-electron chi connectivity index (χ3n) is 4.30. The Morgan fingerprint density at radius 1 is 1.15 bits per heavy atom. The van der Waals surface area contributed by atoms with Crippen LogP contribution in [0.5, 0.6) is 5.75 Å². The first-order valence-corrected chi connectivity index (χ1v) is 10.5. The number of aromatic nitrogens is 1. The molecule has 0 saturated heterocycles. The molecule has 27 heavy (non-hydrogen) atoms. The molecule has 1 N–H and O–H groups in total. The fourth-order valence-electron chi connectivity index (χ4n) is 2.88. The first-order chi connectivity index (χ1) is 13.2. The third kappa shape index (κ3) is 6.17. The number of rotatable bonds is 14. The largest absolute Gasteiger partial charge is 0.491 e. The maximum atomic E-state index is 7.47. The monoisotopic (exact) mass is 386 g/mol. The molecule has 0 amide bonds. The molecule has 0 atom stereocenters. The standard InChI is InChI=1S/C21H30N4OS/c1-4-7-8-9-10-11-14-26-19-15-18-20(16-17(19)24-22)27-21(23-18)25(12-5-2)13-6-3/h5-6,15-16,22H,2-4,7-14H2,1H3. The van der Waals surface area contributed by atoms with E-state index in [9.17, 15) is 0 Å². The number of anilines is 1. The lowest BCUT2D eigenvalue weighted by Crippen LogP contribution is -2.22. The van der Waals surface area contributed by atoms with Crippen LogP contribution in [0.4, 0.5) is 10.8 Å². The van der Waals surface area contributed by atoms with E-state index < -0.39 is 0 Å². The van der Waals surface area contributed by atoms with Crippen molar-refractivity contribution >= 4 is 32.4 Å². The van der Waals surface area contributed by atoms with Crippen molar-refractivity contribution < 1.29 is 4.74 Å². The first kappa shape index (κ1) is 21.1. The van der Waals surface area contributed by atoms with Gasteiger partial charge in [-0.15, -0.1) is 13.2 Å². The van der Waals surface area contributed by atoms with Gasteiger partial charge in [0.1, 0.15) is 11.4 Å². The number of nitrogens with zero attached hydrogens (tertiary/aromatic N) is 3. The smallest absolute Gasteiger partial charge is 0.187 e. The Labute approximate surface area is 166 Å². The summed E-state index contributed by atoms with van der Waals surface area (Å²) < 4.78 is 6.91. The first-order valence-electron chi connectivity index (χ1n) is 9.65. The van der Waals surface area contributed by atoms with Gasteiger partial charge in [0.05, 0.1) is 16.8 Å². The predicted octanol–water partition coefficient (Wildman–Crippen LogP) is 6.88. The van der Waals surface area contributed by atoms with E-state index in [0.29, 0.717) is 31.1 Å². The fourth-order valence-corrected chi connectivity index (χ4v) is 3.88. The van der Waals surface area contributed by atoms with Crippen LogP contribution in [0.3, 0.4) is 0 Å². The molecule has 5 nitrogen and oxygen atoms in total. The molecule has 0 fully saturated rings. The van der Waals surface area contributed by atoms with Gasteiger partial charge in [-0.05, 0) is 12.5 Å². The van der Waals surface area contributed by atoms with E-state index in [2.05, 4.69) is 30.1 Å². The Hall–Kier alpha value is -2.21. The number of hydrogen-bond acceptors (Lipinski definition) is 6. The van der Waals surface area contributed by atoms with Crippen molar-refractivity contribution in [1.82, 2.24) is 4.98 Å². The van der Waals surface area contributed by atoms with Crippen molar-refractivity contribution in [1.29, 1.82) is 5.53 Å². The summed E-state index contributed by atoms with van der Waals surface area (Å²) in [5.74, 6) is 0.641. The number of fused-ring (bicyclic) bond motifs is 1. The second-order valence-corrected chi connectivity index (χ2v) is 7.50. The number of thiazole rings is 1. The van der Waals surface area contributed by atoms with E-state index in [1.165, 1.54) is 32.1 Å². The Morgan fingerprint density at radius 2 is 1.85 bits per heavy atom. The van der Waals surface area contributed by atoms with Gasteiger partial charge in [0.25, 0.3) is 0 Å². The summed E-state index contributed by atoms with van der Waals surface area (Å²) in [5, 5.41) is 4.56. The van der Waals surface area contributed by atoms with Gasteiger partial charge in [0, 0.05) is 19.2 Å². The molecule has 0 radical (unpaired) electrons. The second kappa shape index (κ2) is 11.5. The summed E-state index contributed by atoms with van der Waals surface area (Å²) in [6.07, 6.45) is 11.0. The van der Waals surface area contributed by atoms with Gasteiger partial charge < -0.3 is 9.64 Å². The van der Waals surface area contributed by atoms with Gasteiger partial charge in [-0.3, -0.25) is 0 Å². The SMILES string of the molecule is C=CCN(CC=C)c1nc2cc(OCCCCCCCC)c(N=N)cc2s1. The quantitative estimate of drug-likeness (QED) is 0.219. The molecule has 6 heteroatoms. The number of ether oxygens (including phenoxy) is 1. The van der Waals surface area contributed by atoms with Gasteiger partial charge in [-0.2, -0.15) is 5.11 Å². The van der Waals surface area contributed by atoms with Crippen molar-refractivity contribution in [2.24, 2.45) is 5.11 Å². The maximum Gasteiger partial charge on any atom is 0.187 e. The van der Waals surface area contributed by atoms with Crippen LogP contribution in [0.1, 0.15) is 45.4 Å². The maximum absolute atomic E-state index is 7.47. The Bertz CT molecular complexity index is 746. The Balaban J connectivity index is 2.07. The molecule has 2 rings (SSSR count). The highest BCUT2D eigenvalue weighted by atomic mass is 32.1.